The summed E-state index contributed by atoms with van der Waals surface area (Å²) in [6.45, 7) is 2.18. The summed E-state index contributed by atoms with van der Waals surface area (Å²) in [5.41, 5.74) is 1.44. The maximum Gasteiger partial charge on any atom is 0.276 e. The minimum absolute atomic E-state index is 0.140. The first-order valence-corrected chi connectivity index (χ1v) is 10.2. The number of hydrogen-bond donors (Lipinski definition) is 1. The third-order valence-electron chi connectivity index (χ3n) is 4.48. The quantitative estimate of drug-likeness (QED) is 0.808. The van der Waals surface area contributed by atoms with Gasteiger partial charge in [0, 0.05) is 28.9 Å². The first-order chi connectivity index (χ1) is 13.3. The molecule has 6 nitrogen and oxygen atoms in total. The largest absolute Gasteiger partial charge is 0.298 e. The van der Waals surface area contributed by atoms with E-state index in [0.29, 0.717) is 10.9 Å². The first kappa shape index (κ1) is 17.7. The van der Waals surface area contributed by atoms with Crippen molar-refractivity contribution in [3.63, 3.8) is 0 Å². The van der Waals surface area contributed by atoms with Crippen molar-refractivity contribution in [3.05, 3.63) is 64.9 Å². The molecule has 0 spiro atoms. The van der Waals surface area contributed by atoms with E-state index in [2.05, 4.69) is 17.2 Å². The summed E-state index contributed by atoms with van der Waals surface area (Å²) in [4.78, 5) is 22.0. The Kier molecular flexibility index (Phi) is 5.20. The van der Waals surface area contributed by atoms with E-state index >= 15 is 0 Å². The van der Waals surface area contributed by atoms with Crippen molar-refractivity contribution >= 4 is 28.5 Å². The van der Waals surface area contributed by atoms with Crippen LogP contribution in [-0.2, 0) is 4.79 Å². The zero-order valence-corrected chi connectivity index (χ0v) is 15.9. The zero-order chi connectivity index (χ0) is 18.6. The molecule has 7 heteroatoms. The minimum atomic E-state index is -0.402. The Labute approximate surface area is 162 Å². The van der Waals surface area contributed by atoms with E-state index in [-0.39, 0.29) is 5.91 Å². The van der Waals surface area contributed by atoms with Crippen LogP contribution >= 0.6 is 11.8 Å². The van der Waals surface area contributed by atoms with E-state index < -0.39 is 6.17 Å². The number of para-hydroxylation sites is 1. The average Bonchev–Trinajstić information content (AvgIpc) is 2.71. The molecule has 1 atom stereocenters. The fraction of sp³-hybridized carbons (Fsp3) is 0.300. The standard InChI is InChI=1S/C20H21N5OS/c1-2-3-6-12-27-20-23-19(26)17-15-9-4-5-10-16(15)22-18(25(17)24-20)14-8-7-11-21-13-14/h4-5,7-11,13,18H,2-3,6,12H2,1H3,(H,23,24,26)/t18-/m0/s1. The lowest BCUT2D eigenvalue weighted by Crippen LogP contribution is -2.50. The van der Waals surface area contributed by atoms with Crippen LogP contribution in [0.3, 0.4) is 0 Å². The number of aromatic nitrogens is 1. The molecule has 2 aliphatic heterocycles. The number of rotatable bonds is 5. The topological polar surface area (TPSA) is 70.0 Å². The number of carbonyl (C=O) groups is 1. The molecule has 0 aliphatic carbocycles. The van der Waals surface area contributed by atoms with E-state index in [9.17, 15) is 4.79 Å². The van der Waals surface area contributed by atoms with Gasteiger partial charge in [0.25, 0.3) is 5.91 Å². The fourth-order valence-electron chi connectivity index (χ4n) is 3.16. The number of amidine groups is 1. The third kappa shape index (κ3) is 3.60. The van der Waals surface area contributed by atoms with Crippen LogP contribution in [-0.4, -0.2) is 26.8 Å². The van der Waals surface area contributed by atoms with Gasteiger partial charge in [-0.25, -0.2) is 5.01 Å². The van der Waals surface area contributed by atoms with Crippen LogP contribution < -0.4 is 15.9 Å². The van der Waals surface area contributed by atoms with E-state index in [1.54, 1.807) is 29.2 Å². The number of fused-ring (bicyclic) bond motifs is 2. The minimum Gasteiger partial charge on any atom is -0.298 e. The van der Waals surface area contributed by atoms with Crippen LogP contribution in [0.5, 0.6) is 0 Å². The smallest absolute Gasteiger partial charge is 0.276 e. The lowest BCUT2D eigenvalue weighted by Gasteiger charge is -2.33. The number of carbonyl (C=O) groups excluding carboxylic acids is 1. The second-order valence-corrected chi connectivity index (χ2v) is 7.50. The molecule has 1 aromatic carbocycles. The molecule has 138 valence electrons. The molecule has 27 heavy (non-hydrogen) atoms. The van der Waals surface area contributed by atoms with Crippen molar-refractivity contribution in [3.8, 4) is 0 Å². The van der Waals surface area contributed by atoms with Crippen molar-refractivity contribution in [1.29, 1.82) is 0 Å². The van der Waals surface area contributed by atoms with E-state index in [0.717, 1.165) is 28.3 Å². The van der Waals surface area contributed by atoms with Gasteiger partial charge in [0.2, 0.25) is 0 Å². The molecule has 0 saturated carbocycles. The van der Waals surface area contributed by atoms with Gasteiger partial charge in [0.1, 0.15) is 5.70 Å². The van der Waals surface area contributed by atoms with Crippen LogP contribution in [0, 0.1) is 0 Å². The lowest BCUT2D eigenvalue weighted by atomic mass is 10.1. The summed E-state index contributed by atoms with van der Waals surface area (Å²) in [5.74, 6) is 0.792. The van der Waals surface area contributed by atoms with Gasteiger partial charge in [-0.2, -0.15) is 0 Å². The molecule has 3 heterocycles. The number of hydrogen-bond acceptors (Lipinski definition) is 6. The first-order valence-electron chi connectivity index (χ1n) is 9.17. The molecule has 0 unspecified atom stereocenters. The predicted octanol–water partition coefficient (Wildman–Crippen LogP) is 2.15. The number of hydrazone groups is 1. The highest BCUT2D eigenvalue weighted by Crippen LogP contribution is 2.30. The average molecular weight is 379 g/mol. The highest BCUT2D eigenvalue weighted by Gasteiger charge is 2.34. The highest BCUT2D eigenvalue weighted by molar-refractivity contribution is 8.13. The number of benzene rings is 1. The molecule has 1 amide bonds. The van der Waals surface area contributed by atoms with Gasteiger partial charge >= 0.3 is 0 Å². The summed E-state index contributed by atoms with van der Waals surface area (Å²) in [7, 11) is 0. The van der Waals surface area contributed by atoms with Crippen LogP contribution in [0.2, 0.25) is 0 Å². The molecule has 0 bridgehead atoms. The lowest BCUT2D eigenvalue weighted by molar-refractivity contribution is -0.116. The predicted molar refractivity (Wildman–Crippen MR) is 107 cm³/mol. The van der Waals surface area contributed by atoms with Crippen molar-refractivity contribution in [2.24, 2.45) is 10.1 Å². The molecule has 1 N–H and O–H groups in total. The molecular weight excluding hydrogens is 358 g/mol. The monoisotopic (exact) mass is 379 g/mol. The molecular formula is C20H21N5OS. The molecule has 1 aromatic heterocycles. The van der Waals surface area contributed by atoms with E-state index in [4.69, 9.17) is 10.1 Å². The maximum atomic E-state index is 12.9. The Morgan fingerprint density at radius 3 is 2.89 bits per heavy atom. The number of nitrogens with one attached hydrogen (secondary N) is 1. The van der Waals surface area contributed by atoms with E-state index in [1.807, 2.05) is 36.4 Å². The molecule has 2 aliphatic rings. The third-order valence-corrected chi connectivity index (χ3v) is 5.43. The van der Waals surface area contributed by atoms with Gasteiger partial charge in [-0.3, -0.25) is 20.1 Å². The van der Waals surface area contributed by atoms with Crippen molar-refractivity contribution in [1.82, 2.24) is 15.3 Å². The van der Waals surface area contributed by atoms with Crippen LogP contribution in [0.1, 0.15) is 37.9 Å². The Balaban J connectivity index is 1.76. The van der Waals surface area contributed by atoms with Crippen molar-refractivity contribution in [2.75, 3.05) is 5.75 Å². The van der Waals surface area contributed by atoms with Crippen molar-refractivity contribution < 1.29 is 4.79 Å². The van der Waals surface area contributed by atoms with Crippen LogP contribution in [0.4, 0.5) is 0 Å². The van der Waals surface area contributed by atoms with Crippen LogP contribution in [0.15, 0.2) is 58.9 Å². The second-order valence-electron chi connectivity index (χ2n) is 6.41. The summed E-state index contributed by atoms with van der Waals surface area (Å²) in [5, 5.41) is 11.6. The Bertz CT molecular complexity index is 989. The normalized spacial score (nSPS) is 18.2. The van der Waals surface area contributed by atoms with Gasteiger partial charge in [-0.15, -0.1) is 5.10 Å². The Morgan fingerprint density at radius 1 is 1.19 bits per heavy atom. The van der Waals surface area contributed by atoms with Crippen LogP contribution in [0.25, 0.3) is 5.70 Å². The Hall–Kier alpha value is -2.67. The summed E-state index contributed by atoms with van der Waals surface area (Å²) in [6, 6.07) is 11.5. The number of unbranched alkanes of at least 4 members (excludes halogenated alkanes) is 2. The van der Waals surface area contributed by atoms with Gasteiger partial charge in [-0.1, -0.05) is 55.8 Å². The second kappa shape index (κ2) is 7.92. The van der Waals surface area contributed by atoms with Gasteiger partial charge in [0.15, 0.2) is 11.3 Å². The number of thioether (sulfide) groups is 1. The molecule has 0 radical (unpaired) electrons. The van der Waals surface area contributed by atoms with Gasteiger partial charge in [-0.05, 0) is 18.6 Å². The Morgan fingerprint density at radius 2 is 2.07 bits per heavy atom. The van der Waals surface area contributed by atoms with Gasteiger partial charge in [0.05, 0.1) is 5.36 Å². The molecule has 0 fully saturated rings. The fourth-order valence-corrected chi connectivity index (χ4v) is 4.01. The molecule has 0 saturated heterocycles. The zero-order valence-electron chi connectivity index (χ0n) is 15.1. The van der Waals surface area contributed by atoms with E-state index in [1.165, 1.54) is 12.8 Å². The number of nitrogens with zero attached hydrogens (tertiary/aromatic N) is 4. The maximum absolute atomic E-state index is 12.9. The van der Waals surface area contributed by atoms with Gasteiger partial charge < -0.3 is 0 Å². The summed E-state index contributed by atoms with van der Waals surface area (Å²) in [6.07, 6.45) is 6.55. The highest BCUT2D eigenvalue weighted by atomic mass is 32.2. The van der Waals surface area contributed by atoms with Crippen molar-refractivity contribution in [2.45, 2.75) is 32.4 Å². The number of pyridine rings is 1. The molecule has 2 aromatic rings. The molecule has 4 rings (SSSR count). The summed E-state index contributed by atoms with van der Waals surface area (Å²) >= 11 is 1.58. The number of amides is 1. The SMILES string of the molecule is CCCCCSC1=NN2C(=c3ccccc3=N[C@@H]2c2cccnc2)C(=O)N1. The summed E-state index contributed by atoms with van der Waals surface area (Å²) < 4.78 is 0.